The first-order valence-corrected chi connectivity index (χ1v) is 12.6. The molecule has 33 heavy (non-hydrogen) atoms. The first-order chi connectivity index (χ1) is 16.1. The Bertz CT molecular complexity index is 1140. The van der Waals surface area contributed by atoms with E-state index in [-0.39, 0.29) is 23.8 Å². The van der Waals surface area contributed by atoms with E-state index in [0.29, 0.717) is 36.5 Å². The molecule has 1 fully saturated rings. The van der Waals surface area contributed by atoms with Crippen LogP contribution in [-0.4, -0.2) is 35.6 Å². The van der Waals surface area contributed by atoms with E-state index in [1.165, 1.54) is 0 Å². The van der Waals surface area contributed by atoms with Crippen LogP contribution < -0.4 is 4.90 Å². The minimum absolute atomic E-state index is 0.000513. The third-order valence-corrected chi connectivity index (χ3v) is 7.87. The van der Waals surface area contributed by atoms with Crippen molar-refractivity contribution in [2.24, 2.45) is 5.92 Å². The summed E-state index contributed by atoms with van der Waals surface area (Å²) in [5.74, 6) is 0.900. The molecule has 0 unspecified atom stereocenters. The van der Waals surface area contributed by atoms with Gasteiger partial charge < -0.3 is 9.80 Å². The molecule has 0 aromatic heterocycles. The van der Waals surface area contributed by atoms with Gasteiger partial charge in [-0.2, -0.15) is 0 Å². The third kappa shape index (κ3) is 4.53. The maximum atomic E-state index is 13.9. The number of fused-ring (bicyclic) bond motifs is 1. The number of rotatable bonds is 3. The second kappa shape index (κ2) is 9.62. The van der Waals surface area contributed by atoms with Crippen molar-refractivity contribution in [2.75, 3.05) is 23.7 Å². The van der Waals surface area contributed by atoms with E-state index in [2.05, 4.69) is 24.3 Å². The number of amides is 2. The number of carbonyl (C=O) groups excluding carboxylic acids is 2. The topological polar surface area (TPSA) is 40.6 Å². The second-order valence-electron chi connectivity index (χ2n) is 8.49. The van der Waals surface area contributed by atoms with Crippen molar-refractivity contribution < 1.29 is 9.59 Å². The van der Waals surface area contributed by atoms with Crippen LogP contribution in [0.25, 0.3) is 0 Å². The van der Waals surface area contributed by atoms with Gasteiger partial charge in [-0.3, -0.25) is 9.59 Å². The van der Waals surface area contributed by atoms with Gasteiger partial charge in [0.2, 0.25) is 5.91 Å². The molecule has 1 saturated heterocycles. The normalized spacial score (nSPS) is 18.6. The van der Waals surface area contributed by atoms with Gasteiger partial charge in [-0.1, -0.05) is 54.1 Å². The van der Waals surface area contributed by atoms with Crippen molar-refractivity contribution in [1.82, 2.24) is 4.90 Å². The van der Waals surface area contributed by atoms with Gasteiger partial charge in [0.1, 0.15) is 0 Å². The molecule has 2 aliphatic rings. The highest BCUT2D eigenvalue weighted by molar-refractivity contribution is 7.99. The standard InChI is InChI=1S/C27H25ClN2O2S/c28-22-12-10-20(11-13-22)26(31)29-16-14-21(15-17-29)27(32)30-23-8-4-5-9-25(23)33-18-24(30)19-6-2-1-3-7-19/h1-13,21,24H,14-18H2/t24-/m1/s1. The van der Waals surface area contributed by atoms with Crippen molar-refractivity contribution in [3.63, 3.8) is 0 Å². The highest BCUT2D eigenvalue weighted by atomic mass is 35.5. The molecule has 6 heteroatoms. The zero-order chi connectivity index (χ0) is 22.8. The number of anilines is 1. The molecule has 0 aliphatic carbocycles. The molecule has 0 spiro atoms. The largest absolute Gasteiger partial charge is 0.339 e. The molecule has 2 aliphatic heterocycles. The maximum absolute atomic E-state index is 13.9. The summed E-state index contributed by atoms with van der Waals surface area (Å²) in [6, 6.07) is 25.4. The van der Waals surface area contributed by atoms with Gasteiger partial charge in [0.05, 0.1) is 11.7 Å². The summed E-state index contributed by atoms with van der Waals surface area (Å²) in [4.78, 5) is 31.8. The fourth-order valence-corrected chi connectivity index (χ4v) is 5.98. The van der Waals surface area contributed by atoms with Crippen molar-refractivity contribution in [2.45, 2.75) is 23.8 Å². The van der Waals surface area contributed by atoms with Crippen LogP contribution in [0.2, 0.25) is 5.02 Å². The smallest absolute Gasteiger partial charge is 0.253 e. The number of carbonyl (C=O) groups is 2. The van der Waals surface area contributed by atoms with E-state index >= 15 is 0 Å². The average Bonchev–Trinajstić information content (AvgIpc) is 2.88. The molecular formula is C27H25ClN2O2S. The number of halogens is 1. The average molecular weight is 477 g/mol. The summed E-state index contributed by atoms with van der Waals surface area (Å²) < 4.78 is 0. The van der Waals surface area contributed by atoms with Gasteiger partial charge in [0, 0.05) is 40.2 Å². The lowest BCUT2D eigenvalue weighted by molar-refractivity contribution is -0.124. The first kappa shape index (κ1) is 22.1. The minimum Gasteiger partial charge on any atom is -0.339 e. The zero-order valence-corrected chi connectivity index (χ0v) is 19.8. The van der Waals surface area contributed by atoms with Gasteiger partial charge in [-0.25, -0.2) is 0 Å². The number of piperidine rings is 1. The lowest BCUT2D eigenvalue weighted by atomic mass is 9.93. The number of nitrogens with zero attached hydrogens (tertiary/aromatic N) is 2. The molecule has 2 amide bonds. The Hall–Kier alpha value is -2.76. The van der Waals surface area contributed by atoms with Crippen molar-refractivity contribution in [3.8, 4) is 0 Å². The van der Waals surface area contributed by atoms with Gasteiger partial charge in [-0.15, -0.1) is 11.8 Å². The molecule has 168 valence electrons. The summed E-state index contributed by atoms with van der Waals surface area (Å²) in [6.45, 7) is 1.16. The molecule has 0 radical (unpaired) electrons. The minimum atomic E-state index is -0.0957. The van der Waals surface area contributed by atoms with Gasteiger partial charge in [0.15, 0.2) is 0 Å². The zero-order valence-electron chi connectivity index (χ0n) is 18.2. The Labute approximate surface area is 203 Å². The van der Waals surface area contributed by atoms with E-state index < -0.39 is 0 Å². The fraction of sp³-hybridized carbons (Fsp3) is 0.259. The molecule has 3 aromatic carbocycles. The van der Waals surface area contributed by atoms with E-state index in [1.54, 1.807) is 36.0 Å². The van der Waals surface area contributed by atoms with Crippen LogP contribution in [0.3, 0.4) is 0 Å². The monoisotopic (exact) mass is 476 g/mol. The predicted octanol–water partition coefficient (Wildman–Crippen LogP) is 6.07. The lowest BCUT2D eigenvalue weighted by Crippen LogP contribution is -2.47. The highest BCUT2D eigenvalue weighted by Crippen LogP contribution is 2.44. The number of thioether (sulfide) groups is 1. The van der Waals surface area contributed by atoms with Crippen LogP contribution in [-0.2, 0) is 4.79 Å². The summed E-state index contributed by atoms with van der Waals surface area (Å²) in [7, 11) is 0. The van der Waals surface area contributed by atoms with E-state index in [1.807, 2.05) is 40.1 Å². The summed E-state index contributed by atoms with van der Waals surface area (Å²) in [6.07, 6.45) is 1.34. The van der Waals surface area contributed by atoms with Crippen LogP contribution in [0.15, 0.2) is 83.8 Å². The highest BCUT2D eigenvalue weighted by Gasteiger charge is 2.37. The molecule has 0 saturated carbocycles. The maximum Gasteiger partial charge on any atom is 0.253 e. The molecule has 0 N–H and O–H groups in total. The molecule has 2 heterocycles. The summed E-state index contributed by atoms with van der Waals surface area (Å²) in [5.41, 5.74) is 2.78. The quantitative estimate of drug-likeness (QED) is 0.460. The van der Waals surface area contributed by atoms with Crippen LogP contribution in [0, 0.1) is 5.92 Å². The number of hydrogen-bond donors (Lipinski definition) is 0. The second-order valence-corrected chi connectivity index (χ2v) is 9.99. The van der Waals surface area contributed by atoms with E-state index in [9.17, 15) is 9.59 Å². The van der Waals surface area contributed by atoms with Crippen LogP contribution in [0.1, 0.15) is 34.8 Å². The Balaban J connectivity index is 1.34. The fourth-order valence-electron chi connectivity index (χ4n) is 4.68. The van der Waals surface area contributed by atoms with Crippen molar-refractivity contribution >= 4 is 40.9 Å². The Kier molecular flexibility index (Phi) is 6.43. The van der Waals surface area contributed by atoms with Crippen molar-refractivity contribution in [3.05, 3.63) is 95.0 Å². The summed E-state index contributed by atoms with van der Waals surface area (Å²) in [5, 5.41) is 0.615. The molecule has 1 atom stereocenters. The molecule has 4 nitrogen and oxygen atoms in total. The molecule has 3 aromatic rings. The Morgan fingerprint density at radius 3 is 2.24 bits per heavy atom. The summed E-state index contributed by atoms with van der Waals surface area (Å²) >= 11 is 7.76. The van der Waals surface area contributed by atoms with Gasteiger partial charge >= 0.3 is 0 Å². The van der Waals surface area contributed by atoms with Gasteiger partial charge in [0.25, 0.3) is 5.91 Å². The SMILES string of the molecule is O=C(c1ccc(Cl)cc1)N1CCC(C(=O)N2c3ccccc3SC[C@@H]2c2ccccc2)CC1. The van der Waals surface area contributed by atoms with Crippen LogP contribution >= 0.6 is 23.4 Å². The predicted molar refractivity (Wildman–Crippen MR) is 134 cm³/mol. The van der Waals surface area contributed by atoms with Crippen molar-refractivity contribution in [1.29, 1.82) is 0 Å². The third-order valence-electron chi connectivity index (χ3n) is 6.48. The number of benzene rings is 3. The number of para-hydroxylation sites is 1. The van der Waals surface area contributed by atoms with Crippen LogP contribution in [0.5, 0.6) is 0 Å². The number of hydrogen-bond acceptors (Lipinski definition) is 3. The first-order valence-electron chi connectivity index (χ1n) is 11.3. The number of likely N-dealkylation sites (tertiary alicyclic amines) is 1. The Morgan fingerprint density at radius 2 is 1.52 bits per heavy atom. The van der Waals surface area contributed by atoms with E-state index in [4.69, 9.17) is 11.6 Å². The molecule has 0 bridgehead atoms. The molecule has 5 rings (SSSR count). The lowest BCUT2D eigenvalue weighted by Gasteiger charge is -2.40. The Morgan fingerprint density at radius 1 is 0.848 bits per heavy atom. The molecular weight excluding hydrogens is 452 g/mol. The van der Waals surface area contributed by atoms with Crippen LogP contribution in [0.4, 0.5) is 5.69 Å². The van der Waals surface area contributed by atoms with E-state index in [0.717, 1.165) is 21.9 Å². The van der Waals surface area contributed by atoms with Gasteiger partial charge in [-0.05, 0) is 54.8 Å².